The van der Waals surface area contributed by atoms with Crippen molar-refractivity contribution >= 4 is 22.5 Å². The van der Waals surface area contributed by atoms with Crippen molar-refractivity contribution in [2.75, 3.05) is 12.3 Å². The highest BCUT2D eigenvalue weighted by Gasteiger charge is 2.08. The van der Waals surface area contributed by atoms with Crippen molar-refractivity contribution in [3.8, 4) is 0 Å². The van der Waals surface area contributed by atoms with Crippen LogP contribution < -0.4 is 0 Å². The van der Waals surface area contributed by atoms with Gasteiger partial charge in [-0.15, -0.1) is 0 Å². The molecule has 0 saturated heterocycles. The van der Waals surface area contributed by atoms with Crippen LogP contribution >= 0.6 is 11.8 Å². The fraction of sp³-hybridized carbons (Fsp3) is 0.600. The van der Waals surface area contributed by atoms with E-state index in [2.05, 4.69) is 10.1 Å². The Hall–Kier alpha value is -0.510. The van der Waals surface area contributed by atoms with Gasteiger partial charge in [-0.25, -0.2) is 0 Å². The molecule has 1 aliphatic rings. The SMILES string of the molecule is CC1=NCCS/C1=N/O. The molecule has 0 saturated carbocycles. The van der Waals surface area contributed by atoms with Crippen LogP contribution in [0.5, 0.6) is 0 Å². The van der Waals surface area contributed by atoms with Crippen LogP contribution in [0.25, 0.3) is 0 Å². The smallest absolute Gasteiger partial charge is 0.156 e. The van der Waals surface area contributed by atoms with Crippen molar-refractivity contribution in [3.63, 3.8) is 0 Å². The molecule has 0 atom stereocenters. The molecule has 0 radical (unpaired) electrons. The fourth-order valence-corrected chi connectivity index (χ4v) is 1.34. The first-order valence-corrected chi connectivity index (χ1v) is 3.69. The van der Waals surface area contributed by atoms with Gasteiger partial charge in [0.1, 0.15) is 0 Å². The Morgan fingerprint density at radius 2 is 2.56 bits per heavy atom. The molecule has 1 heterocycles. The van der Waals surface area contributed by atoms with E-state index in [0.717, 1.165) is 18.0 Å². The molecular weight excluding hydrogens is 136 g/mol. The molecule has 1 aliphatic heterocycles. The zero-order valence-corrected chi connectivity index (χ0v) is 5.98. The molecule has 0 fully saturated rings. The van der Waals surface area contributed by atoms with Crippen molar-refractivity contribution in [3.05, 3.63) is 0 Å². The normalized spacial score (nSPS) is 24.1. The highest BCUT2D eigenvalue weighted by Crippen LogP contribution is 2.10. The third kappa shape index (κ3) is 1.45. The van der Waals surface area contributed by atoms with Crippen LogP contribution in [0.3, 0.4) is 0 Å². The van der Waals surface area contributed by atoms with Crippen molar-refractivity contribution in [1.82, 2.24) is 0 Å². The largest absolute Gasteiger partial charge is 0.410 e. The molecule has 0 aromatic heterocycles. The standard InChI is InChI=1S/C5H8N2OS/c1-4-5(7-8)9-3-2-6-4/h8H,2-3H2,1H3/b7-5+. The predicted molar refractivity (Wildman–Crippen MR) is 39.7 cm³/mol. The second-order valence-electron chi connectivity index (χ2n) is 1.72. The lowest BCUT2D eigenvalue weighted by molar-refractivity contribution is 0.321. The first kappa shape index (κ1) is 6.61. The highest BCUT2D eigenvalue weighted by atomic mass is 32.2. The lowest BCUT2D eigenvalue weighted by Crippen LogP contribution is -2.13. The zero-order valence-electron chi connectivity index (χ0n) is 5.16. The third-order valence-corrected chi connectivity index (χ3v) is 2.12. The number of rotatable bonds is 0. The molecule has 0 aromatic carbocycles. The van der Waals surface area contributed by atoms with Crippen molar-refractivity contribution in [2.24, 2.45) is 10.1 Å². The summed E-state index contributed by atoms with van der Waals surface area (Å²) in [4.78, 5) is 4.09. The van der Waals surface area contributed by atoms with E-state index in [1.165, 1.54) is 0 Å². The van der Waals surface area contributed by atoms with Crippen molar-refractivity contribution < 1.29 is 5.21 Å². The Morgan fingerprint density at radius 1 is 1.78 bits per heavy atom. The van der Waals surface area contributed by atoms with E-state index >= 15 is 0 Å². The van der Waals surface area contributed by atoms with Gasteiger partial charge in [0.25, 0.3) is 0 Å². The topological polar surface area (TPSA) is 45.0 Å². The van der Waals surface area contributed by atoms with E-state index in [1.807, 2.05) is 6.92 Å². The maximum Gasteiger partial charge on any atom is 0.156 e. The Labute approximate surface area is 57.9 Å². The summed E-state index contributed by atoms with van der Waals surface area (Å²) in [6.45, 7) is 2.69. The minimum absolute atomic E-state index is 0.654. The van der Waals surface area contributed by atoms with Gasteiger partial charge in [-0.05, 0) is 6.92 Å². The summed E-state index contributed by atoms with van der Waals surface area (Å²) in [6.07, 6.45) is 0. The Kier molecular flexibility index (Phi) is 2.10. The summed E-state index contributed by atoms with van der Waals surface area (Å²) in [5.41, 5.74) is 0.841. The van der Waals surface area contributed by atoms with Crippen LogP contribution in [0.1, 0.15) is 6.92 Å². The number of oxime groups is 1. The molecule has 0 spiro atoms. The van der Waals surface area contributed by atoms with E-state index in [1.54, 1.807) is 11.8 Å². The summed E-state index contributed by atoms with van der Waals surface area (Å²) >= 11 is 1.54. The summed E-state index contributed by atoms with van der Waals surface area (Å²) in [5, 5.41) is 12.1. The number of thioether (sulfide) groups is 1. The average Bonchev–Trinajstić information content (AvgIpc) is 1.89. The Balaban J connectivity index is 2.73. The molecule has 50 valence electrons. The zero-order chi connectivity index (χ0) is 6.69. The number of nitrogens with zero attached hydrogens (tertiary/aromatic N) is 2. The van der Waals surface area contributed by atoms with E-state index in [0.29, 0.717) is 5.04 Å². The fourth-order valence-electron chi connectivity index (χ4n) is 0.629. The van der Waals surface area contributed by atoms with E-state index in [-0.39, 0.29) is 0 Å². The molecule has 0 bridgehead atoms. The lowest BCUT2D eigenvalue weighted by atomic mass is 10.4. The number of hydrogen-bond donors (Lipinski definition) is 1. The molecule has 1 N–H and O–H groups in total. The van der Waals surface area contributed by atoms with Crippen LogP contribution in [-0.2, 0) is 0 Å². The monoisotopic (exact) mass is 144 g/mol. The van der Waals surface area contributed by atoms with Gasteiger partial charge in [-0.3, -0.25) is 4.99 Å². The molecule has 9 heavy (non-hydrogen) atoms. The van der Waals surface area contributed by atoms with Crippen LogP contribution in [0.2, 0.25) is 0 Å². The van der Waals surface area contributed by atoms with Crippen molar-refractivity contribution in [2.45, 2.75) is 6.92 Å². The second kappa shape index (κ2) is 2.87. The molecule has 0 aliphatic carbocycles. The maximum absolute atomic E-state index is 8.35. The third-order valence-electron chi connectivity index (χ3n) is 1.08. The van der Waals surface area contributed by atoms with Gasteiger partial charge in [-0.1, -0.05) is 16.9 Å². The molecule has 0 amide bonds. The molecule has 1 rings (SSSR count). The summed E-state index contributed by atoms with van der Waals surface area (Å²) < 4.78 is 0. The van der Waals surface area contributed by atoms with Gasteiger partial charge in [0, 0.05) is 12.3 Å². The van der Waals surface area contributed by atoms with Crippen LogP contribution in [0.4, 0.5) is 0 Å². The van der Waals surface area contributed by atoms with E-state index in [9.17, 15) is 0 Å². The molecular formula is C5H8N2OS. The highest BCUT2D eigenvalue weighted by molar-refractivity contribution is 8.15. The van der Waals surface area contributed by atoms with Gasteiger partial charge in [0.15, 0.2) is 5.04 Å². The first-order valence-electron chi connectivity index (χ1n) is 2.71. The van der Waals surface area contributed by atoms with Crippen LogP contribution in [0.15, 0.2) is 10.1 Å². The average molecular weight is 144 g/mol. The predicted octanol–water partition coefficient (Wildman–Crippen LogP) is 0.982. The number of hydrogen-bond acceptors (Lipinski definition) is 4. The first-order chi connectivity index (χ1) is 4.34. The maximum atomic E-state index is 8.35. The summed E-state index contributed by atoms with van der Waals surface area (Å²) in [6, 6.07) is 0. The second-order valence-corrected chi connectivity index (χ2v) is 2.80. The van der Waals surface area contributed by atoms with E-state index < -0.39 is 0 Å². The lowest BCUT2D eigenvalue weighted by Gasteiger charge is -2.07. The van der Waals surface area contributed by atoms with Gasteiger partial charge < -0.3 is 5.21 Å². The van der Waals surface area contributed by atoms with Crippen LogP contribution in [-0.4, -0.2) is 28.3 Å². The molecule has 0 aromatic rings. The number of aliphatic imine (C=N–C) groups is 1. The van der Waals surface area contributed by atoms with Gasteiger partial charge >= 0.3 is 0 Å². The Bertz CT molecular complexity index is 164. The summed E-state index contributed by atoms with van der Waals surface area (Å²) in [5.74, 6) is 0.927. The van der Waals surface area contributed by atoms with Gasteiger partial charge in [-0.2, -0.15) is 0 Å². The quantitative estimate of drug-likeness (QED) is 0.407. The Morgan fingerprint density at radius 3 is 3.00 bits per heavy atom. The minimum Gasteiger partial charge on any atom is -0.410 e. The van der Waals surface area contributed by atoms with Gasteiger partial charge in [0.05, 0.1) is 5.71 Å². The molecule has 0 unspecified atom stereocenters. The van der Waals surface area contributed by atoms with E-state index in [4.69, 9.17) is 5.21 Å². The summed E-state index contributed by atoms with van der Waals surface area (Å²) in [7, 11) is 0. The van der Waals surface area contributed by atoms with Crippen molar-refractivity contribution in [1.29, 1.82) is 0 Å². The van der Waals surface area contributed by atoms with Gasteiger partial charge in [0.2, 0.25) is 0 Å². The molecule has 3 nitrogen and oxygen atoms in total. The van der Waals surface area contributed by atoms with Crippen LogP contribution in [0, 0.1) is 0 Å². The minimum atomic E-state index is 0.654. The molecule has 4 heteroatoms.